The van der Waals surface area contributed by atoms with Crippen molar-refractivity contribution < 1.29 is 29.3 Å². The quantitative estimate of drug-likeness (QED) is 0.234. The minimum atomic E-state index is -1.32. The van der Waals surface area contributed by atoms with Crippen LogP contribution in [0.4, 0.5) is 0 Å². The molecule has 6 nitrogen and oxygen atoms in total. The number of hydrogen-bond donors (Lipinski definition) is 2. The van der Waals surface area contributed by atoms with Gasteiger partial charge in [0.15, 0.2) is 6.29 Å². The van der Waals surface area contributed by atoms with Crippen LogP contribution in [0.3, 0.4) is 0 Å². The molecule has 0 aromatic heterocycles. The van der Waals surface area contributed by atoms with E-state index in [1.807, 2.05) is 0 Å². The van der Waals surface area contributed by atoms with Gasteiger partial charge in [0.1, 0.15) is 12.2 Å². The molecule has 0 aromatic carbocycles. The molecular formula is C8H12O6. The van der Waals surface area contributed by atoms with Gasteiger partial charge in [-0.05, 0) is 6.42 Å². The lowest BCUT2D eigenvalue weighted by Gasteiger charge is -2.19. The summed E-state index contributed by atoms with van der Waals surface area (Å²) in [5.74, 6) is -2.63. The Morgan fingerprint density at radius 2 is 2.07 bits per heavy atom. The Bertz CT molecular complexity index is 224. The third-order valence-corrected chi connectivity index (χ3v) is 1.59. The Kier molecular flexibility index (Phi) is 5.66. The van der Waals surface area contributed by atoms with E-state index in [-0.39, 0.29) is 12.7 Å². The molecule has 6 heteroatoms. The number of aliphatic hydroxyl groups is 2. The summed E-state index contributed by atoms with van der Waals surface area (Å²) in [4.78, 5) is 31.1. The number of carbonyl (C=O) groups excluding carboxylic acids is 3. The highest BCUT2D eigenvalue weighted by molar-refractivity contribution is 6.55. The van der Waals surface area contributed by atoms with Crippen LogP contribution in [-0.4, -0.2) is 47.1 Å². The number of hydrogen-bond acceptors (Lipinski definition) is 6. The van der Waals surface area contributed by atoms with Crippen molar-refractivity contribution in [1.29, 1.82) is 0 Å². The lowest BCUT2D eigenvalue weighted by Crippen LogP contribution is -2.35. The molecule has 0 amide bonds. The van der Waals surface area contributed by atoms with Gasteiger partial charge in [0.2, 0.25) is 0 Å². The third-order valence-electron chi connectivity index (χ3n) is 1.59. The van der Waals surface area contributed by atoms with E-state index in [2.05, 4.69) is 4.74 Å². The van der Waals surface area contributed by atoms with Gasteiger partial charge in [-0.25, -0.2) is 4.79 Å². The SMILES string of the molecule is CCC(OC(=O)C(=O)C=O)C(O)CO. The Labute approximate surface area is 80.5 Å². The molecule has 0 fully saturated rings. The smallest absolute Gasteiger partial charge is 0.382 e. The Morgan fingerprint density at radius 1 is 1.50 bits per heavy atom. The normalized spacial score (nSPS) is 14.2. The lowest BCUT2D eigenvalue weighted by atomic mass is 10.1. The van der Waals surface area contributed by atoms with Crippen LogP contribution < -0.4 is 0 Å². The van der Waals surface area contributed by atoms with Crippen LogP contribution in [0.25, 0.3) is 0 Å². The maximum Gasteiger partial charge on any atom is 0.382 e. The first-order valence-electron chi connectivity index (χ1n) is 4.05. The van der Waals surface area contributed by atoms with Crippen molar-refractivity contribution in [3.8, 4) is 0 Å². The molecule has 2 atom stereocenters. The van der Waals surface area contributed by atoms with Gasteiger partial charge in [0, 0.05) is 0 Å². The van der Waals surface area contributed by atoms with Crippen LogP contribution in [-0.2, 0) is 19.1 Å². The number of ketones is 1. The molecule has 14 heavy (non-hydrogen) atoms. The summed E-state index contributed by atoms with van der Waals surface area (Å²) < 4.78 is 4.48. The van der Waals surface area contributed by atoms with E-state index < -0.39 is 30.6 Å². The monoisotopic (exact) mass is 204 g/mol. The third kappa shape index (κ3) is 3.63. The summed E-state index contributed by atoms with van der Waals surface area (Å²) >= 11 is 0. The molecule has 0 saturated carbocycles. The molecule has 2 N–H and O–H groups in total. The van der Waals surface area contributed by atoms with Gasteiger partial charge in [0.25, 0.3) is 0 Å². The lowest BCUT2D eigenvalue weighted by molar-refractivity contribution is -0.163. The highest BCUT2D eigenvalue weighted by Gasteiger charge is 2.24. The van der Waals surface area contributed by atoms with Gasteiger partial charge >= 0.3 is 11.8 Å². The van der Waals surface area contributed by atoms with E-state index in [9.17, 15) is 14.4 Å². The fourth-order valence-electron chi connectivity index (χ4n) is 0.795. The molecule has 0 aliphatic carbocycles. The number of aliphatic hydroxyl groups excluding tert-OH is 2. The zero-order chi connectivity index (χ0) is 11.1. The number of rotatable bonds is 6. The van der Waals surface area contributed by atoms with Crippen molar-refractivity contribution in [2.24, 2.45) is 0 Å². The van der Waals surface area contributed by atoms with Crippen molar-refractivity contribution in [2.75, 3.05) is 6.61 Å². The Morgan fingerprint density at radius 3 is 2.43 bits per heavy atom. The number of ether oxygens (including phenoxy) is 1. The van der Waals surface area contributed by atoms with Crippen LogP contribution in [0.15, 0.2) is 0 Å². The van der Waals surface area contributed by atoms with Crippen molar-refractivity contribution in [3.63, 3.8) is 0 Å². The van der Waals surface area contributed by atoms with Gasteiger partial charge in [-0.3, -0.25) is 9.59 Å². The minimum absolute atomic E-state index is 0.166. The molecule has 0 aromatic rings. The van der Waals surface area contributed by atoms with Gasteiger partial charge in [-0.15, -0.1) is 0 Å². The number of esters is 1. The molecule has 2 unspecified atom stereocenters. The number of Topliss-reactive ketones (excluding diaryl/α,β-unsaturated/α-hetero) is 1. The average Bonchev–Trinajstić information content (AvgIpc) is 2.22. The van der Waals surface area contributed by atoms with E-state index in [0.717, 1.165) is 0 Å². The standard InChI is InChI=1S/C8H12O6/c1-2-7(5(11)3-9)14-8(13)6(12)4-10/h4-5,7,9,11H,2-3H2,1H3. The molecule has 0 saturated heterocycles. The topological polar surface area (TPSA) is 101 Å². The van der Waals surface area contributed by atoms with Gasteiger partial charge in [-0.1, -0.05) is 6.92 Å². The summed E-state index contributed by atoms with van der Waals surface area (Å²) in [6.07, 6.45) is -2.15. The first-order chi connectivity index (χ1) is 6.56. The predicted molar refractivity (Wildman–Crippen MR) is 44.3 cm³/mol. The molecule has 0 radical (unpaired) electrons. The maximum absolute atomic E-state index is 10.8. The van der Waals surface area contributed by atoms with E-state index >= 15 is 0 Å². The fourth-order valence-corrected chi connectivity index (χ4v) is 0.795. The highest BCUT2D eigenvalue weighted by atomic mass is 16.6. The fraction of sp³-hybridized carbons (Fsp3) is 0.625. The van der Waals surface area contributed by atoms with E-state index in [0.29, 0.717) is 0 Å². The van der Waals surface area contributed by atoms with Crippen LogP contribution in [0, 0.1) is 0 Å². The highest BCUT2D eigenvalue weighted by Crippen LogP contribution is 2.04. The number of aldehydes is 1. The number of carbonyl (C=O) groups is 3. The van der Waals surface area contributed by atoms with E-state index in [4.69, 9.17) is 10.2 Å². The van der Waals surface area contributed by atoms with Crippen molar-refractivity contribution in [1.82, 2.24) is 0 Å². The summed E-state index contributed by atoms with van der Waals surface area (Å²) in [6.45, 7) is 1.02. The maximum atomic E-state index is 10.8. The van der Waals surface area contributed by atoms with Gasteiger partial charge < -0.3 is 14.9 Å². The minimum Gasteiger partial charge on any atom is -0.453 e. The van der Waals surface area contributed by atoms with Gasteiger partial charge in [0.05, 0.1) is 6.61 Å². The summed E-state index contributed by atoms with van der Waals surface area (Å²) in [7, 11) is 0. The van der Waals surface area contributed by atoms with Crippen molar-refractivity contribution in [3.05, 3.63) is 0 Å². The molecule has 80 valence electrons. The molecule has 0 aliphatic rings. The van der Waals surface area contributed by atoms with Crippen LogP contribution >= 0.6 is 0 Å². The second kappa shape index (κ2) is 6.22. The molecule has 0 heterocycles. The Balaban J connectivity index is 4.24. The van der Waals surface area contributed by atoms with Crippen LogP contribution in [0.1, 0.15) is 13.3 Å². The van der Waals surface area contributed by atoms with Crippen LogP contribution in [0.2, 0.25) is 0 Å². The zero-order valence-electron chi connectivity index (χ0n) is 7.67. The molecule has 0 aliphatic heterocycles. The second-order valence-corrected chi connectivity index (χ2v) is 2.58. The second-order valence-electron chi connectivity index (χ2n) is 2.58. The summed E-state index contributed by atoms with van der Waals surface area (Å²) in [6, 6.07) is 0. The summed E-state index contributed by atoms with van der Waals surface area (Å²) in [5.41, 5.74) is 0. The first kappa shape index (κ1) is 12.7. The average molecular weight is 204 g/mol. The molecule has 0 bridgehead atoms. The molecule has 0 spiro atoms. The van der Waals surface area contributed by atoms with Crippen LogP contribution in [0.5, 0.6) is 0 Å². The first-order valence-corrected chi connectivity index (χ1v) is 4.05. The predicted octanol–water partition coefficient (Wildman–Crippen LogP) is -1.57. The summed E-state index contributed by atoms with van der Waals surface area (Å²) in [5, 5.41) is 17.6. The molecule has 0 rings (SSSR count). The van der Waals surface area contributed by atoms with E-state index in [1.54, 1.807) is 6.92 Å². The Hall–Kier alpha value is -1.27. The molecular weight excluding hydrogens is 192 g/mol. The van der Waals surface area contributed by atoms with Crippen molar-refractivity contribution in [2.45, 2.75) is 25.6 Å². The zero-order valence-corrected chi connectivity index (χ0v) is 7.67. The van der Waals surface area contributed by atoms with E-state index in [1.165, 1.54) is 0 Å². The van der Waals surface area contributed by atoms with Crippen molar-refractivity contribution >= 4 is 18.0 Å². The largest absolute Gasteiger partial charge is 0.453 e. The van der Waals surface area contributed by atoms with Gasteiger partial charge in [-0.2, -0.15) is 0 Å².